The van der Waals surface area contributed by atoms with E-state index in [9.17, 15) is 19.2 Å². The number of Topliss-reactive ketones (excluding diaryl/α,β-unsaturated/α-hetero) is 1. The van der Waals surface area contributed by atoms with Crippen molar-refractivity contribution in [3.05, 3.63) is 52.6 Å². The van der Waals surface area contributed by atoms with Crippen LogP contribution in [0.3, 0.4) is 0 Å². The molecule has 0 fully saturated rings. The molecule has 9 heteroatoms. The minimum absolute atomic E-state index is 0.0445. The third kappa shape index (κ3) is 2.69. The second-order valence-electron chi connectivity index (χ2n) is 6.55. The summed E-state index contributed by atoms with van der Waals surface area (Å²) in [5.41, 5.74) is 4.44. The summed E-state index contributed by atoms with van der Waals surface area (Å²) in [7, 11) is 2.33. The Kier molecular flexibility index (Phi) is 4.91. The van der Waals surface area contributed by atoms with E-state index in [-0.39, 0.29) is 22.8 Å². The lowest BCUT2D eigenvalue weighted by Gasteiger charge is -2.36. The number of rotatable bonds is 4. The van der Waals surface area contributed by atoms with Gasteiger partial charge in [-0.25, -0.2) is 4.79 Å². The maximum absolute atomic E-state index is 13.8. The van der Waals surface area contributed by atoms with Gasteiger partial charge in [0, 0.05) is 11.3 Å². The van der Waals surface area contributed by atoms with Crippen LogP contribution in [-0.4, -0.2) is 44.4 Å². The van der Waals surface area contributed by atoms with Crippen LogP contribution in [0.25, 0.3) is 0 Å². The van der Waals surface area contributed by atoms with Crippen LogP contribution in [0.15, 0.2) is 47.1 Å². The van der Waals surface area contributed by atoms with E-state index in [1.54, 1.807) is 24.3 Å². The lowest BCUT2D eigenvalue weighted by molar-refractivity contribution is -0.140. The normalized spacial score (nSPS) is 20.6. The highest BCUT2D eigenvalue weighted by Gasteiger charge is 2.62. The number of nitrogens with two attached hydrogens (primary N) is 1. The minimum Gasteiger partial charge on any atom is -0.468 e. The number of carbonyl (C=O) groups is 4. The zero-order valence-electron chi connectivity index (χ0n) is 16.4. The number of ether oxygens (including phenoxy) is 3. The Morgan fingerprint density at radius 1 is 1.14 bits per heavy atom. The van der Waals surface area contributed by atoms with Gasteiger partial charge in [0.25, 0.3) is 0 Å². The Bertz CT molecular complexity index is 1010. The molecular formula is C20H20N2O7. The molecule has 2 N–H and O–H groups in total. The fraction of sp³-hybridized carbons (Fsp3) is 0.300. The molecule has 9 nitrogen and oxygen atoms in total. The van der Waals surface area contributed by atoms with E-state index in [1.165, 1.54) is 25.9 Å². The van der Waals surface area contributed by atoms with E-state index in [2.05, 4.69) is 0 Å². The predicted molar refractivity (Wildman–Crippen MR) is 100 cm³/mol. The van der Waals surface area contributed by atoms with E-state index in [4.69, 9.17) is 19.9 Å². The van der Waals surface area contributed by atoms with Crippen molar-refractivity contribution in [3.8, 4) is 0 Å². The maximum atomic E-state index is 13.8. The molecule has 1 aromatic carbocycles. The molecule has 0 saturated heterocycles. The summed E-state index contributed by atoms with van der Waals surface area (Å²) in [6.07, 6.45) is 0. The number of carbonyl (C=O) groups excluding carboxylic acids is 4. The molecule has 1 spiro atoms. The summed E-state index contributed by atoms with van der Waals surface area (Å²) < 4.78 is 15.0. The number of para-hydroxylation sites is 1. The number of amides is 1. The number of hydrogen-bond acceptors (Lipinski definition) is 8. The van der Waals surface area contributed by atoms with Gasteiger partial charge in [0.05, 0.1) is 19.8 Å². The Balaban J connectivity index is 2.42. The summed E-state index contributed by atoms with van der Waals surface area (Å²) in [6, 6.07) is 6.54. The number of fused-ring (bicyclic) bond motifs is 2. The second kappa shape index (κ2) is 7.08. The minimum atomic E-state index is -1.89. The Hall–Kier alpha value is -3.62. The number of ketones is 1. The zero-order valence-corrected chi connectivity index (χ0v) is 16.4. The molecule has 1 amide bonds. The monoisotopic (exact) mass is 400 g/mol. The molecule has 1 atom stereocenters. The van der Waals surface area contributed by atoms with E-state index < -0.39 is 35.6 Å². The van der Waals surface area contributed by atoms with Gasteiger partial charge in [-0.15, -0.1) is 0 Å². The van der Waals surface area contributed by atoms with Gasteiger partial charge in [-0.05, 0) is 19.9 Å². The number of benzene rings is 1. The van der Waals surface area contributed by atoms with Gasteiger partial charge < -0.3 is 19.9 Å². The second-order valence-corrected chi connectivity index (χ2v) is 6.55. The van der Waals surface area contributed by atoms with E-state index in [1.807, 2.05) is 0 Å². The molecule has 0 unspecified atom stereocenters. The summed E-state index contributed by atoms with van der Waals surface area (Å²) in [5.74, 6) is -3.02. The smallest absolute Gasteiger partial charge is 0.340 e. The van der Waals surface area contributed by atoms with Crippen LogP contribution >= 0.6 is 0 Å². The van der Waals surface area contributed by atoms with Crippen molar-refractivity contribution >= 4 is 29.3 Å². The maximum Gasteiger partial charge on any atom is 0.340 e. The van der Waals surface area contributed by atoms with Crippen LogP contribution in [0.1, 0.15) is 19.4 Å². The first kappa shape index (κ1) is 20.1. The van der Waals surface area contributed by atoms with Crippen molar-refractivity contribution in [3.63, 3.8) is 0 Å². The molecule has 2 aliphatic rings. The molecule has 1 aromatic rings. The number of hydrogen-bond donors (Lipinski definition) is 1. The van der Waals surface area contributed by atoms with Gasteiger partial charge in [0.2, 0.25) is 11.8 Å². The van der Waals surface area contributed by atoms with Crippen LogP contribution < -0.4 is 10.6 Å². The van der Waals surface area contributed by atoms with Crippen molar-refractivity contribution in [2.24, 2.45) is 5.73 Å². The van der Waals surface area contributed by atoms with E-state index in [0.29, 0.717) is 11.3 Å². The first-order valence-corrected chi connectivity index (χ1v) is 8.68. The molecule has 2 aliphatic heterocycles. The Morgan fingerprint density at radius 2 is 1.79 bits per heavy atom. The first-order chi connectivity index (χ1) is 13.7. The number of nitrogens with zero attached hydrogens (tertiary/aromatic N) is 1. The van der Waals surface area contributed by atoms with Crippen LogP contribution in [0.2, 0.25) is 0 Å². The zero-order chi connectivity index (χ0) is 21.5. The highest BCUT2D eigenvalue weighted by atomic mass is 16.5. The largest absolute Gasteiger partial charge is 0.468 e. The quantitative estimate of drug-likeness (QED) is 0.732. The molecular weight excluding hydrogens is 380 g/mol. The topological polar surface area (TPSA) is 125 Å². The fourth-order valence-electron chi connectivity index (χ4n) is 4.00. The van der Waals surface area contributed by atoms with Crippen LogP contribution in [0.4, 0.5) is 5.69 Å². The molecule has 2 heterocycles. The van der Waals surface area contributed by atoms with Gasteiger partial charge in [0.1, 0.15) is 23.3 Å². The van der Waals surface area contributed by atoms with E-state index in [0.717, 1.165) is 7.11 Å². The van der Waals surface area contributed by atoms with Gasteiger partial charge in [-0.2, -0.15) is 0 Å². The first-order valence-electron chi connectivity index (χ1n) is 8.68. The van der Waals surface area contributed by atoms with Gasteiger partial charge in [-0.3, -0.25) is 19.3 Å². The molecule has 0 aliphatic carbocycles. The number of allylic oxidation sites excluding steroid dienone is 1. The fourth-order valence-corrected chi connectivity index (χ4v) is 4.00. The summed E-state index contributed by atoms with van der Waals surface area (Å²) >= 11 is 0. The third-order valence-electron chi connectivity index (χ3n) is 5.03. The van der Waals surface area contributed by atoms with Crippen molar-refractivity contribution in [2.75, 3.05) is 25.7 Å². The Morgan fingerprint density at radius 3 is 2.38 bits per heavy atom. The van der Waals surface area contributed by atoms with Crippen molar-refractivity contribution in [1.82, 2.24) is 0 Å². The van der Waals surface area contributed by atoms with Crippen molar-refractivity contribution in [2.45, 2.75) is 19.3 Å². The lowest BCUT2D eigenvalue weighted by atomic mass is 9.66. The molecule has 0 saturated carbocycles. The molecule has 0 aromatic heterocycles. The van der Waals surface area contributed by atoms with E-state index >= 15 is 0 Å². The third-order valence-corrected chi connectivity index (χ3v) is 5.03. The SMILES string of the molecule is COC(=O)CN1C(=O)[C@]2(C(C(C)=O)=C(C)OC(N)=C2C(=O)OC)c2ccccc21. The van der Waals surface area contributed by atoms with Crippen LogP contribution in [0.5, 0.6) is 0 Å². The molecule has 152 valence electrons. The van der Waals surface area contributed by atoms with Crippen LogP contribution in [-0.2, 0) is 38.8 Å². The van der Waals surface area contributed by atoms with Gasteiger partial charge in [-0.1, -0.05) is 18.2 Å². The highest BCUT2D eigenvalue weighted by Crippen LogP contribution is 2.54. The average Bonchev–Trinajstić information content (AvgIpc) is 2.90. The van der Waals surface area contributed by atoms with Crippen LogP contribution in [0, 0.1) is 0 Å². The van der Waals surface area contributed by atoms with Crippen molar-refractivity contribution < 1.29 is 33.4 Å². The molecule has 0 radical (unpaired) electrons. The highest BCUT2D eigenvalue weighted by molar-refractivity contribution is 6.23. The predicted octanol–water partition coefficient (Wildman–Crippen LogP) is 0.680. The summed E-state index contributed by atoms with van der Waals surface area (Å²) in [5, 5.41) is 0. The molecule has 29 heavy (non-hydrogen) atoms. The van der Waals surface area contributed by atoms with Gasteiger partial charge in [0.15, 0.2) is 5.78 Å². The Labute approximate surface area is 166 Å². The number of anilines is 1. The molecule has 3 rings (SSSR count). The summed E-state index contributed by atoms with van der Waals surface area (Å²) in [6.45, 7) is 2.34. The van der Waals surface area contributed by atoms with Crippen molar-refractivity contribution in [1.29, 1.82) is 0 Å². The standard InChI is InChI=1S/C20H20N2O7/c1-10(23)15-11(2)29-17(21)16(18(25)28-4)20(15)12-7-5-6-8-13(12)22(19(20)26)9-14(24)27-3/h5-8H,9,21H2,1-4H3/t20-/m0/s1. The lowest BCUT2D eigenvalue weighted by Crippen LogP contribution is -2.51. The summed E-state index contributed by atoms with van der Waals surface area (Å²) in [4.78, 5) is 52.3. The number of methoxy groups -OCH3 is 2. The van der Waals surface area contributed by atoms with Gasteiger partial charge >= 0.3 is 11.9 Å². The average molecular weight is 400 g/mol. The molecule has 0 bridgehead atoms. The number of esters is 2.